The number of ether oxygens (including phenoxy) is 2. The van der Waals surface area contributed by atoms with Gasteiger partial charge in [-0.15, -0.1) is 24.0 Å². The van der Waals surface area contributed by atoms with E-state index in [0.717, 1.165) is 16.9 Å². The standard InChI is InChI=1S/C19H21N5O2.HI/c1-25-17-9-8-15(10-18(17)26-2)23-19(20)21-11-14-12-22-24(13-14)16-6-4-3-5-7-16;/h3-10,12-13H,11H2,1-2H3,(H3,20,21,23);1H. The molecule has 0 unspecified atom stereocenters. The summed E-state index contributed by atoms with van der Waals surface area (Å²) >= 11 is 0. The molecule has 0 aliphatic heterocycles. The lowest BCUT2D eigenvalue weighted by Crippen LogP contribution is -2.22. The van der Waals surface area contributed by atoms with Crippen LogP contribution in [0.5, 0.6) is 11.5 Å². The molecule has 0 radical (unpaired) electrons. The number of nitrogens with two attached hydrogens (primary N) is 1. The van der Waals surface area contributed by atoms with E-state index >= 15 is 0 Å². The average Bonchev–Trinajstić information content (AvgIpc) is 3.16. The zero-order valence-electron chi connectivity index (χ0n) is 15.1. The van der Waals surface area contributed by atoms with Crippen LogP contribution >= 0.6 is 24.0 Å². The van der Waals surface area contributed by atoms with Crippen molar-refractivity contribution in [2.75, 3.05) is 19.5 Å². The lowest BCUT2D eigenvalue weighted by Gasteiger charge is -2.10. The molecule has 0 aliphatic carbocycles. The molecule has 8 heteroatoms. The fourth-order valence-corrected chi connectivity index (χ4v) is 2.44. The van der Waals surface area contributed by atoms with Crippen molar-refractivity contribution in [1.29, 1.82) is 0 Å². The Bertz CT molecular complexity index is 896. The molecule has 0 saturated heterocycles. The van der Waals surface area contributed by atoms with Crippen molar-refractivity contribution in [3.8, 4) is 17.2 Å². The van der Waals surface area contributed by atoms with Gasteiger partial charge in [0.05, 0.1) is 32.6 Å². The Morgan fingerprint density at radius 3 is 2.56 bits per heavy atom. The molecule has 7 nitrogen and oxygen atoms in total. The van der Waals surface area contributed by atoms with Gasteiger partial charge in [-0.05, 0) is 24.3 Å². The molecule has 0 atom stereocenters. The molecule has 3 rings (SSSR count). The quantitative estimate of drug-likeness (QED) is 0.322. The summed E-state index contributed by atoms with van der Waals surface area (Å²) in [6.45, 7) is 0.430. The second kappa shape index (κ2) is 9.81. The van der Waals surface area contributed by atoms with Crippen LogP contribution in [-0.4, -0.2) is 30.0 Å². The largest absolute Gasteiger partial charge is 0.493 e. The third-order valence-electron chi connectivity index (χ3n) is 3.74. The van der Waals surface area contributed by atoms with Gasteiger partial charge in [-0.2, -0.15) is 5.10 Å². The van der Waals surface area contributed by atoms with Gasteiger partial charge in [0, 0.05) is 23.5 Å². The molecule has 0 fully saturated rings. The van der Waals surface area contributed by atoms with E-state index in [4.69, 9.17) is 15.2 Å². The van der Waals surface area contributed by atoms with Gasteiger partial charge in [0.1, 0.15) is 0 Å². The monoisotopic (exact) mass is 479 g/mol. The van der Waals surface area contributed by atoms with Gasteiger partial charge in [0.25, 0.3) is 0 Å². The second-order valence-corrected chi connectivity index (χ2v) is 5.52. The minimum atomic E-state index is 0. The van der Waals surface area contributed by atoms with E-state index in [9.17, 15) is 0 Å². The molecule has 1 heterocycles. The van der Waals surface area contributed by atoms with Crippen LogP contribution in [0.1, 0.15) is 5.56 Å². The van der Waals surface area contributed by atoms with Gasteiger partial charge in [0.2, 0.25) is 0 Å². The Morgan fingerprint density at radius 2 is 1.85 bits per heavy atom. The number of aromatic nitrogens is 2. The molecule has 27 heavy (non-hydrogen) atoms. The lowest BCUT2D eigenvalue weighted by atomic mass is 10.3. The molecule has 3 N–H and O–H groups in total. The molecule has 0 aliphatic rings. The molecule has 3 aromatic rings. The highest BCUT2D eigenvalue weighted by Crippen LogP contribution is 2.29. The fourth-order valence-electron chi connectivity index (χ4n) is 2.44. The molecule has 1 aromatic heterocycles. The van der Waals surface area contributed by atoms with Crippen LogP contribution in [0.3, 0.4) is 0 Å². The number of nitrogens with one attached hydrogen (secondary N) is 1. The first-order chi connectivity index (χ1) is 12.7. The third kappa shape index (κ3) is 5.36. The predicted octanol–water partition coefficient (Wildman–Crippen LogP) is 3.43. The molecule has 0 amide bonds. The summed E-state index contributed by atoms with van der Waals surface area (Å²) in [4.78, 5) is 4.35. The van der Waals surface area contributed by atoms with Crippen LogP contribution in [0, 0.1) is 0 Å². The number of rotatable bonds is 6. The summed E-state index contributed by atoms with van der Waals surface area (Å²) in [6.07, 6.45) is 3.71. The Hall–Kier alpha value is -2.75. The van der Waals surface area contributed by atoms with E-state index in [-0.39, 0.29) is 24.0 Å². The first-order valence-electron chi connectivity index (χ1n) is 8.07. The first kappa shape index (κ1) is 20.6. The van der Waals surface area contributed by atoms with Crippen molar-refractivity contribution in [1.82, 2.24) is 9.78 Å². The Kier molecular flexibility index (Phi) is 7.47. The molecule has 0 saturated carbocycles. The van der Waals surface area contributed by atoms with Crippen LogP contribution in [-0.2, 0) is 6.54 Å². The first-order valence-corrected chi connectivity index (χ1v) is 8.07. The molecule has 0 spiro atoms. The minimum absolute atomic E-state index is 0. The maximum Gasteiger partial charge on any atom is 0.193 e. The fraction of sp³-hybridized carbons (Fsp3) is 0.158. The Morgan fingerprint density at radius 1 is 1.11 bits per heavy atom. The topological polar surface area (TPSA) is 86.7 Å². The number of guanidine groups is 1. The van der Waals surface area contributed by atoms with E-state index in [2.05, 4.69) is 15.4 Å². The highest BCUT2D eigenvalue weighted by molar-refractivity contribution is 14.0. The number of halogens is 1. The van der Waals surface area contributed by atoms with Crippen LogP contribution < -0.4 is 20.5 Å². The number of methoxy groups -OCH3 is 2. The van der Waals surface area contributed by atoms with Crippen molar-refractivity contribution in [3.63, 3.8) is 0 Å². The van der Waals surface area contributed by atoms with Gasteiger partial charge >= 0.3 is 0 Å². The predicted molar refractivity (Wildman–Crippen MR) is 117 cm³/mol. The second-order valence-electron chi connectivity index (χ2n) is 5.52. The van der Waals surface area contributed by atoms with E-state index < -0.39 is 0 Å². The van der Waals surface area contributed by atoms with Crippen molar-refractivity contribution in [2.45, 2.75) is 6.54 Å². The van der Waals surface area contributed by atoms with Gasteiger partial charge in [-0.25, -0.2) is 9.67 Å². The SMILES string of the molecule is COc1ccc(NC(N)=NCc2cnn(-c3ccccc3)c2)cc1OC.I. The van der Waals surface area contributed by atoms with Gasteiger partial charge in [-0.3, -0.25) is 0 Å². The number of hydrogen-bond acceptors (Lipinski definition) is 4. The van der Waals surface area contributed by atoms with E-state index in [1.165, 1.54) is 0 Å². The minimum Gasteiger partial charge on any atom is -0.493 e. The van der Waals surface area contributed by atoms with Crippen LogP contribution in [0.2, 0.25) is 0 Å². The highest BCUT2D eigenvalue weighted by Gasteiger charge is 2.05. The molecular formula is C19H22IN5O2. The zero-order chi connectivity index (χ0) is 18.4. The highest BCUT2D eigenvalue weighted by atomic mass is 127. The summed E-state index contributed by atoms with van der Waals surface area (Å²) in [5.74, 6) is 1.58. The van der Waals surface area contributed by atoms with Crippen molar-refractivity contribution in [2.24, 2.45) is 10.7 Å². The normalized spacial score (nSPS) is 10.8. The molecule has 0 bridgehead atoms. The van der Waals surface area contributed by atoms with Crippen molar-refractivity contribution < 1.29 is 9.47 Å². The molecule has 2 aromatic carbocycles. The van der Waals surface area contributed by atoms with E-state index in [1.807, 2.05) is 47.3 Å². The van der Waals surface area contributed by atoms with Crippen LogP contribution in [0.25, 0.3) is 5.69 Å². The summed E-state index contributed by atoms with van der Waals surface area (Å²) in [6, 6.07) is 15.3. The summed E-state index contributed by atoms with van der Waals surface area (Å²) in [5.41, 5.74) is 8.70. The smallest absolute Gasteiger partial charge is 0.193 e. The summed E-state index contributed by atoms with van der Waals surface area (Å²) in [7, 11) is 3.18. The van der Waals surface area contributed by atoms with Crippen LogP contribution in [0.15, 0.2) is 65.9 Å². The Balaban J connectivity index is 0.00000261. The van der Waals surface area contributed by atoms with E-state index in [1.54, 1.807) is 32.5 Å². The third-order valence-corrected chi connectivity index (χ3v) is 3.74. The summed E-state index contributed by atoms with van der Waals surface area (Å²) < 4.78 is 12.3. The number of anilines is 1. The Labute approximate surface area is 175 Å². The summed E-state index contributed by atoms with van der Waals surface area (Å²) in [5, 5.41) is 7.39. The van der Waals surface area contributed by atoms with Crippen LogP contribution in [0.4, 0.5) is 5.69 Å². The maximum absolute atomic E-state index is 5.97. The number of hydrogen-bond donors (Lipinski definition) is 2. The van der Waals surface area contributed by atoms with Crippen molar-refractivity contribution in [3.05, 3.63) is 66.5 Å². The van der Waals surface area contributed by atoms with Gasteiger partial charge in [-0.1, -0.05) is 18.2 Å². The maximum atomic E-state index is 5.97. The lowest BCUT2D eigenvalue weighted by molar-refractivity contribution is 0.355. The van der Waals surface area contributed by atoms with Gasteiger partial charge < -0.3 is 20.5 Å². The van der Waals surface area contributed by atoms with E-state index in [0.29, 0.717) is 24.0 Å². The number of para-hydroxylation sites is 1. The number of nitrogens with zero attached hydrogens (tertiary/aromatic N) is 3. The molecular weight excluding hydrogens is 457 g/mol. The molecule has 142 valence electrons. The van der Waals surface area contributed by atoms with Crippen molar-refractivity contribution >= 4 is 35.6 Å². The number of benzene rings is 2. The average molecular weight is 479 g/mol. The number of aliphatic imine (C=N–C) groups is 1. The van der Waals surface area contributed by atoms with Gasteiger partial charge in [0.15, 0.2) is 17.5 Å². The zero-order valence-corrected chi connectivity index (χ0v) is 17.5.